The van der Waals surface area contributed by atoms with E-state index in [-0.39, 0.29) is 12.3 Å². The summed E-state index contributed by atoms with van der Waals surface area (Å²) >= 11 is 0. The van der Waals surface area contributed by atoms with Gasteiger partial charge in [0.25, 0.3) is 0 Å². The molecule has 1 saturated heterocycles. The van der Waals surface area contributed by atoms with E-state index in [2.05, 4.69) is 10.6 Å². The Bertz CT molecular complexity index is 368. The summed E-state index contributed by atoms with van der Waals surface area (Å²) in [6, 6.07) is -2.33. The van der Waals surface area contributed by atoms with Crippen LogP contribution in [0.25, 0.3) is 0 Å². The summed E-state index contributed by atoms with van der Waals surface area (Å²) in [5, 5.41) is 13.6. The molecule has 20 heavy (non-hydrogen) atoms. The molecule has 0 aromatic rings. The molecule has 1 heterocycles. The number of amides is 3. The quantitative estimate of drug-likeness (QED) is 0.625. The molecule has 0 spiro atoms. The molecule has 0 aliphatic carbocycles. The molecule has 114 valence electrons. The number of morpholine rings is 1. The second-order valence-corrected chi connectivity index (χ2v) is 4.58. The Morgan fingerprint density at radius 1 is 1.25 bits per heavy atom. The van der Waals surface area contributed by atoms with E-state index < -0.39 is 24.1 Å². The standard InChI is InChI=1S/C12H21N3O5/c1-3-9(11(17)18)14-12(19)13-8(2)10(16)15-4-6-20-7-5-15/h8-9H,3-7H2,1-2H3,(H,17,18)(H2,13,14,19)/t8?,9-/m1/s1. The van der Waals surface area contributed by atoms with Crippen molar-refractivity contribution in [1.29, 1.82) is 0 Å². The number of rotatable bonds is 5. The van der Waals surface area contributed by atoms with E-state index >= 15 is 0 Å². The maximum absolute atomic E-state index is 12.0. The van der Waals surface area contributed by atoms with Gasteiger partial charge < -0.3 is 25.4 Å². The largest absolute Gasteiger partial charge is 0.480 e. The van der Waals surface area contributed by atoms with Crippen LogP contribution in [-0.4, -0.2) is 66.3 Å². The van der Waals surface area contributed by atoms with Gasteiger partial charge in [0.2, 0.25) is 5.91 Å². The van der Waals surface area contributed by atoms with Crippen molar-refractivity contribution in [2.45, 2.75) is 32.4 Å². The van der Waals surface area contributed by atoms with Crippen LogP contribution in [0.15, 0.2) is 0 Å². The number of ether oxygens (including phenoxy) is 1. The zero-order valence-electron chi connectivity index (χ0n) is 11.7. The lowest BCUT2D eigenvalue weighted by molar-refractivity contribution is -0.139. The zero-order valence-corrected chi connectivity index (χ0v) is 11.7. The van der Waals surface area contributed by atoms with Crippen molar-refractivity contribution in [2.75, 3.05) is 26.3 Å². The number of nitrogens with one attached hydrogen (secondary N) is 2. The van der Waals surface area contributed by atoms with Gasteiger partial charge in [-0.2, -0.15) is 0 Å². The molecule has 1 aliphatic rings. The fraction of sp³-hybridized carbons (Fsp3) is 0.750. The number of aliphatic carboxylic acids is 1. The monoisotopic (exact) mass is 287 g/mol. The van der Waals surface area contributed by atoms with E-state index in [9.17, 15) is 14.4 Å². The van der Waals surface area contributed by atoms with Crippen LogP contribution in [0.1, 0.15) is 20.3 Å². The van der Waals surface area contributed by atoms with Crippen LogP contribution in [0, 0.1) is 0 Å². The normalized spacial score (nSPS) is 18.0. The smallest absolute Gasteiger partial charge is 0.326 e. The van der Waals surface area contributed by atoms with Gasteiger partial charge in [-0.25, -0.2) is 9.59 Å². The van der Waals surface area contributed by atoms with Crippen LogP contribution in [0.3, 0.4) is 0 Å². The van der Waals surface area contributed by atoms with Crippen molar-refractivity contribution in [3.8, 4) is 0 Å². The van der Waals surface area contributed by atoms with E-state index in [4.69, 9.17) is 9.84 Å². The molecule has 2 atom stereocenters. The Hall–Kier alpha value is -1.83. The molecule has 1 aliphatic heterocycles. The first-order valence-corrected chi connectivity index (χ1v) is 6.62. The lowest BCUT2D eigenvalue weighted by atomic mass is 10.2. The van der Waals surface area contributed by atoms with Crippen molar-refractivity contribution in [3.63, 3.8) is 0 Å². The average Bonchev–Trinajstić information content (AvgIpc) is 2.44. The summed E-state index contributed by atoms with van der Waals surface area (Å²) in [6.45, 7) is 5.20. The average molecular weight is 287 g/mol. The van der Waals surface area contributed by atoms with Crippen LogP contribution in [0.4, 0.5) is 4.79 Å². The fourth-order valence-corrected chi connectivity index (χ4v) is 1.85. The topological polar surface area (TPSA) is 108 Å². The summed E-state index contributed by atoms with van der Waals surface area (Å²) in [6.07, 6.45) is 0.272. The van der Waals surface area contributed by atoms with Gasteiger partial charge in [0, 0.05) is 13.1 Å². The molecular formula is C12H21N3O5. The van der Waals surface area contributed by atoms with Gasteiger partial charge >= 0.3 is 12.0 Å². The molecule has 1 fully saturated rings. The molecule has 8 heteroatoms. The van der Waals surface area contributed by atoms with Crippen molar-refractivity contribution in [2.24, 2.45) is 0 Å². The van der Waals surface area contributed by atoms with E-state index in [0.29, 0.717) is 26.3 Å². The minimum absolute atomic E-state index is 0.202. The molecule has 0 aromatic heterocycles. The van der Waals surface area contributed by atoms with Crippen LogP contribution >= 0.6 is 0 Å². The second-order valence-electron chi connectivity index (χ2n) is 4.58. The first-order valence-electron chi connectivity index (χ1n) is 6.62. The van der Waals surface area contributed by atoms with Crippen LogP contribution in [0.5, 0.6) is 0 Å². The zero-order chi connectivity index (χ0) is 15.1. The predicted octanol–water partition coefficient (Wildman–Crippen LogP) is -0.604. The Morgan fingerprint density at radius 3 is 2.35 bits per heavy atom. The highest BCUT2D eigenvalue weighted by atomic mass is 16.5. The Balaban J connectivity index is 2.43. The molecule has 3 amide bonds. The first kappa shape index (κ1) is 16.2. The molecule has 0 saturated carbocycles. The predicted molar refractivity (Wildman–Crippen MR) is 70.2 cm³/mol. The third kappa shape index (κ3) is 4.69. The van der Waals surface area contributed by atoms with Gasteiger partial charge in [-0.15, -0.1) is 0 Å². The number of nitrogens with zero attached hydrogens (tertiary/aromatic N) is 1. The highest BCUT2D eigenvalue weighted by Crippen LogP contribution is 2.00. The summed E-state index contributed by atoms with van der Waals surface area (Å²) in [7, 11) is 0. The lowest BCUT2D eigenvalue weighted by Crippen LogP contribution is -2.54. The number of carboxylic acid groups (broad SMARTS) is 1. The van der Waals surface area contributed by atoms with Gasteiger partial charge in [0.15, 0.2) is 0 Å². The summed E-state index contributed by atoms with van der Waals surface area (Å²) in [5.74, 6) is -1.30. The molecule has 0 aromatic carbocycles. The van der Waals surface area contributed by atoms with Crippen molar-refractivity contribution >= 4 is 17.9 Å². The molecule has 1 rings (SSSR count). The minimum Gasteiger partial charge on any atom is -0.480 e. The van der Waals surface area contributed by atoms with Gasteiger partial charge in [0.05, 0.1) is 13.2 Å². The van der Waals surface area contributed by atoms with E-state index in [0.717, 1.165) is 0 Å². The summed E-state index contributed by atoms with van der Waals surface area (Å²) in [5.41, 5.74) is 0. The van der Waals surface area contributed by atoms with Crippen molar-refractivity contribution < 1.29 is 24.2 Å². The third-order valence-electron chi connectivity index (χ3n) is 3.05. The van der Waals surface area contributed by atoms with Gasteiger partial charge in [0.1, 0.15) is 12.1 Å². The maximum Gasteiger partial charge on any atom is 0.326 e. The van der Waals surface area contributed by atoms with E-state index in [1.807, 2.05) is 0 Å². The Kier molecular flexibility index (Phi) is 6.23. The molecule has 1 unspecified atom stereocenters. The molecule has 8 nitrogen and oxygen atoms in total. The van der Waals surface area contributed by atoms with Gasteiger partial charge in [-0.05, 0) is 13.3 Å². The fourth-order valence-electron chi connectivity index (χ4n) is 1.85. The van der Waals surface area contributed by atoms with Gasteiger partial charge in [-0.3, -0.25) is 4.79 Å². The number of hydrogen-bond donors (Lipinski definition) is 3. The molecule has 0 bridgehead atoms. The van der Waals surface area contributed by atoms with E-state index in [1.54, 1.807) is 18.7 Å². The number of carbonyl (C=O) groups is 3. The molecular weight excluding hydrogens is 266 g/mol. The second kappa shape index (κ2) is 7.68. The minimum atomic E-state index is -1.10. The number of urea groups is 1. The summed E-state index contributed by atoms with van der Waals surface area (Å²) in [4.78, 5) is 36.1. The highest BCUT2D eigenvalue weighted by molar-refractivity contribution is 5.88. The van der Waals surface area contributed by atoms with Gasteiger partial charge in [-0.1, -0.05) is 6.92 Å². The highest BCUT2D eigenvalue weighted by Gasteiger charge is 2.25. The lowest BCUT2D eigenvalue weighted by Gasteiger charge is -2.29. The Morgan fingerprint density at radius 2 is 1.85 bits per heavy atom. The first-order chi connectivity index (χ1) is 9.45. The number of carbonyl (C=O) groups excluding carboxylic acids is 2. The van der Waals surface area contributed by atoms with Crippen LogP contribution in [-0.2, 0) is 14.3 Å². The summed E-state index contributed by atoms with van der Waals surface area (Å²) < 4.78 is 5.15. The number of hydrogen-bond acceptors (Lipinski definition) is 4. The van der Waals surface area contributed by atoms with Crippen molar-refractivity contribution in [1.82, 2.24) is 15.5 Å². The van der Waals surface area contributed by atoms with Crippen molar-refractivity contribution in [3.05, 3.63) is 0 Å². The molecule has 3 N–H and O–H groups in total. The third-order valence-corrected chi connectivity index (χ3v) is 3.05. The SMILES string of the molecule is CC[C@@H](NC(=O)NC(C)C(=O)N1CCOCC1)C(=O)O. The van der Waals surface area contributed by atoms with Crippen LogP contribution in [0.2, 0.25) is 0 Å². The molecule has 0 radical (unpaired) electrons. The van der Waals surface area contributed by atoms with Crippen LogP contribution < -0.4 is 10.6 Å². The number of carboxylic acids is 1. The van der Waals surface area contributed by atoms with E-state index in [1.165, 1.54) is 0 Å². The Labute approximate surface area is 117 Å². The maximum atomic E-state index is 12.0.